The van der Waals surface area contributed by atoms with E-state index in [4.69, 9.17) is 9.47 Å². The molecule has 0 spiro atoms. The van der Waals surface area contributed by atoms with Crippen molar-refractivity contribution in [2.24, 2.45) is 5.10 Å². The average Bonchev–Trinajstić information content (AvgIpc) is 3.13. The van der Waals surface area contributed by atoms with E-state index in [1.54, 1.807) is 6.21 Å². The molecule has 0 saturated heterocycles. The predicted molar refractivity (Wildman–Crippen MR) is 94.6 cm³/mol. The number of halogens is 1. The van der Waals surface area contributed by atoms with Gasteiger partial charge in [0.2, 0.25) is 0 Å². The summed E-state index contributed by atoms with van der Waals surface area (Å²) in [4.78, 5) is 0. The lowest BCUT2D eigenvalue weighted by atomic mass is 10.2. The molecule has 0 atom stereocenters. The van der Waals surface area contributed by atoms with Gasteiger partial charge in [-0.1, -0.05) is 15.9 Å². The van der Waals surface area contributed by atoms with E-state index in [2.05, 4.69) is 31.2 Å². The van der Waals surface area contributed by atoms with E-state index >= 15 is 0 Å². The van der Waals surface area contributed by atoms with Crippen LogP contribution in [0.5, 0.6) is 11.5 Å². The highest BCUT2D eigenvalue weighted by atomic mass is 79.9. The average molecular weight is 387 g/mol. The molecular formula is C17H15BrN4O2. The highest BCUT2D eigenvalue weighted by Gasteiger charge is 1.97. The smallest absolute Gasteiger partial charge is 0.141 e. The summed E-state index contributed by atoms with van der Waals surface area (Å²) in [6.07, 6.45) is 4.78. The van der Waals surface area contributed by atoms with Gasteiger partial charge in [-0.05, 0) is 54.1 Å². The van der Waals surface area contributed by atoms with Gasteiger partial charge in [0.05, 0.1) is 6.21 Å². The zero-order valence-electron chi connectivity index (χ0n) is 12.7. The summed E-state index contributed by atoms with van der Waals surface area (Å²) in [5.74, 6) is 1.61. The molecule has 0 bridgehead atoms. The van der Waals surface area contributed by atoms with Crippen molar-refractivity contribution in [3.8, 4) is 11.5 Å². The molecule has 0 aliphatic heterocycles. The number of hydrogen-bond acceptors (Lipinski definition) is 5. The van der Waals surface area contributed by atoms with Crippen LogP contribution in [0.4, 0.5) is 0 Å². The predicted octanol–water partition coefficient (Wildman–Crippen LogP) is 3.38. The third-order valence-electron chi connectivity index (χ3n) is 3.06. The Morgan fingerprint density at radius 2 is 1.42 bits per heavy atom. The molecule has 7 heteroatoms. The van der Waals surface area contributed by atoms with Crippen LogP contribution in [0.15, 0.2) is 70.8 Å². The van der Waals surface area contributed by atoms with Crippen molar-refractivity contribution < 1.29 is 9.47 Å². The Balaban J connectivity index is 1.43. The lowest BCUT2D eigenvalue weighted by Crippen LogP contribution is -2.08. The van der Waals surface area contributed by atoms with E-state index in [0.717, 1.165) is 21.5 Å². The minimum absolute atomic E-state index is 0.476. The van der Waals surface area contributed by atoms with Gasteiger partial charge < -0.3 is 9.47 Å². The molecule has 1 heterocycles. The summed E-state index contributed by atoms with van der Waals surface area (Å²) in [6, 6.07) is 15.4. The topological polar surface area (TPSA) is 61.5 Å². The molecule has 1 aromatic heterocycles. The van der Waals surface area contributed by atoms with Crippen LogP contribution >= 0.6 is 15.9 Å². The number of hydrogen-bond donors (Lipinski definition) is 0. The van der Waals surface area contributed by atoms with Crippen LogP contribution in [0.2, 0.25) is 0 Å². The Morgan fingerprint density at radius 3 is 2.00 bits per heavy atom. The molecule has 0 unspecified atom stereocenters. The van der Waals surface area contributed by atoms with Gasteiger partial charge in [0.25, 0.3) is 0 Å². The molecule has 0 radical (unpaired) electrons. The van der Waals surface area contributed by atoms with Crippen molar-refractivity contribution in [2.45, 2.75) is 0 Å². The molecule has 24 heavy (non-hydrogen) atoms. The van der Waals surface area contributed by atoms with Crippen LogP contribution in [-0.2, 0) is 0 Å². The second-order valence-electron chi connectivity index (χ2n) is 4.81. The number of ether oxygens (including phenoxy) is 2. The van der Waals surface area contributed by atoms with Crippen molar-refractivity contribution in [3.63, 3.8) is 0 Å². The first-order chi connectivity index (χ1) is 11.8. The summed E-state index contributed by atoms with van der Waals surface area (Å²) < 4.78 is 13.8. The molecule has 0 aliphatic carbocycles. The molecule has 6 nitrogen and oxygen atoms in total. The molecule has 2 aromatic carbocycles. The van der Waals surface area contributed by atoms with Crippen molar-refractivity contribution in [1.29, 1.82) is 0 Å². The number of benzene rings is 2. The number of rotatable bonds is 7. The van der Waals surface area contributed by atoms with Crippen LogP contribution < -0.4 is 9.47 Å². The van der Waals surface area contributed by atoms with E-state index in [1.807, 2.05) is 48.5 Å². The molecule has 0 aliphatic rings. The quantitative estimate of drug-likeness (QED) is 0.461. The van der Waals surface area contributed by atoms with Gasteiger partial charge in [-0.25, -0.2) is 4.68 Å². The van der Waals surface area contributed by atoms with Gasteiger partial charge in [-0.2, -0.15) is 5.10 Å². The van der Waals surface area contributed by atoms with E-state index in [1.165, 1.54) is 17.3 Å². The SMILES string of the molecule is Brc1ccc(OCCOc2ccc(C=Nn3cnnc3)cc2)cc1. The van der Waals surface area contributed by atoms with Gasteiger partial charge in [-0.15, -0.1) is 10.2 Å². The zero-order valence-corrected chi connectivity index (χ0v) is 14.3. The third kappa shape index (κ3) is 4.92. The number of aromatic nitrogens is 3. The fourth-order valence-corrected chi connectivity index (χ4v) is 2.15. The maximum atomic E-state index is 5.65. The Hall–Kier alpha value is -2.67. The van der Waals surface area contributed by atoms with Gasteiger partial charge >= 0.3 is 0 Å². The van der Waals surface area contributed by atoms with Gasteiger partial charge in [0.15, 0.2) is 0 Å². The fraction of sp³-hybridized carbons (Fsp3) is 0.118. The largest absolute Gasteiger partial charge is 0.490 e. The van der Waals surface area contributed by atoms with Gasteiger partial charge in [0.1, 0.15) is 37.4 Å². The Kier molecular flexibility index (Phi) is 5.57. The van der Waals surface area contributed by atoms with Crippen molar-refractivity contribution in [1.82, 2.24) is 14.9 Å². The Labute approximate surface area is 147 Å². The second kappa shape index (κ2) is 8.26. The van der Waals surface area contributed by atoms with Crippen molar-refractivity contribution >= 4 is 22.1 Å². The molecule has 122 valence electrons. The summed E-state index contributed by atoms with van der Waals surface area (Å²) in [6.45, 7) is 0.961. The van der Waals surface area contributed by atoms with Crippen molar-refractivity contribution in [2.75, 3.05) is 13.2 Å². The highest BCUT2D eigenvalue weighted by molar-refractivity contribution is 9.10. The summed E-state index contributed by atoms with van der Waals surface area (Å²) in [5, 5.41) is 11.5. The van der Waals surface area contributed by atoms with E-state index in [-0.39, 0.29) is 0 Å². The summed E-state index contributed by atoms with van der Waals surface area (Å²) in [5.41, 5.74) is 0.960. The van der Waals surface area contributed by atoms with Gasteiger partial charge in [-0.3, -0.25) is 0 Å². The lowest BCUT2D eigenvalue weighted by molar-refractivity contribution is 0.217. The Bertz CT molecular complexity index is 771. The van der Waals surface area contributed by atoms with Crippen LogP contribution in [0.3, 0.4) is 0 Å². The minimum Gasteiger partial charge on any atom is -0.490 e. The first-order valence-electron chi connectivity index (χ1n) is 7.30. The molecular weight excluding hydrogens is 372 g/mol. The van der Waals surface area contributed by atoms with Crippen molar-refractivity contribution in [3.05, 3.63) is 71.2 Å². The van der Waals surface area contributed by atoms with E-state index < -0.39 is 0 Å². The second-order valence-corrected chi connectivity index (χ2v) is 5.72. The molecule has 3 aromatic rings. The minimum atomic E-state index is 0.476. The summed E-state index contributed by atoms with van der Waals surface area (Å²) >= 11 is 3.39. The monoisotopic (exact) mass is 386 g/mol. The highest BCUT2D eigenvalue weighted by Crippen LogP contribution is 2.16. The van der Waals surface area contributed by atoms with Gasteiger partial charge in [0, 0.05) is 4.47 Å². The van der Waals surface area contributed by atoms with E-state index in [9.17, 15) is 0 Å². The molecule has 0 N–H and O–H groups in total. The van der Waals surface area contributed by atoms with Crippen LogP contribution in [-0.4, -0.2) is 34.3 Å². The summed E-state index contributed by atoms with van der Waals surface area (Å²) in [7, 11) is 0. The molecule has 3 rings (SSSR count). The normalized spacial score (nSPS) is 10.9. The molecule has 0 saturated carbocycles. The Morgan fingerprint density at radius 1 is 0.875 bits per heavy atom. The molecule has 0 fully saturated rings. The van der Waals surface area contributed by atoms with Crippen LogP contribution in [0, 0.1) is 0 Å². The molecule has 0 amide bonds. The fourth-order valence-electron chi connectivity index (χ4n) is 1.89. The van der Waals surface area contributed by atoms with E-state index in [0.29, 0.717) is 13.2 Å². The van der Waals surface area contributed by atoms with Crippen LogP contribution in [0.1, 0.15) is 5.56 Å². The van der Waals surface area contributed by atoms with Crippen LogP contribution in [0.25, 0.3) is 0 Å². The zero-order chi connectivity index (χ0) is 16.6. The first-order valence-corrected chi connectivity index (χ1v) is 8.09. The maximum Gasteiger partial charge on any atom is 0.141 e. The third-order valence-corrected chi connectivity index (χ3v) is 3.59. The number of nitrogens with zero attached hydrogens (tertiary/aromatic N) is 4. The maximum absolute atomic E-state index is 5.65. The lowest BCUT2D eigenvalue weighted by Gasteiger charge is -2.08. The standard InChI is InChI=1S/C17H15BrN4O2/c18-15-3-7-17(8-4-15)24-10-9-23-16-5-1-14(2-6-16)11-21-22-12-19-20-13-22/h1-8,11-13H,9-10H2. The first kappa shape index (κ1) is 16.2.